The second-order valence-corrected chi connectivity index (χ2v) is 9.46. The van der Waals surface area contributed by atoms with E-state index in [-0.39, 0.29) is 5.82 Å². The first-order valence-electron chi connectivity index (χ1n) is 9.69. The van der Waals surface area contributed by atoms with Gasteiger partial charge < -0.3 is 10.5 Å². The molecule has 1 fully saturated rings. The quantitative estimate of drug-likeness (QED) is 0.501. The SMILES string of the molecule is Nc1nc2c(-c3c(Cl)cc4c(c3Cl)COC[C@H]3CCCCN3C4)ccc(F)c2s1. The second-order valence-electron chi connectivity index (χ2n) is 7.65. The van der Waals surface area contributed by atoms with Crippen LogP contribution in [0.15, 0.2) is 18.2 Å². The lowest BCUT2D eigenvalue weighted by atomic mass is 9.95. The summed E-state index contributed by atoms with van der Waals surface area (Å²) in [7, 11) is 0. The van der Waals surface area contributed by atoms with Crippen LogP contribution in [-0.2, 0) is 17.9 Å². The Hall–Kier alpha value is -1.44. The van der Waals surface area contributed by atoms with E-state index in [2.05, 4.69) is 9.88 Å². The van der Waals surface area contributed by atoms with Crippen molar-refractivity contribution in [2.24, 2.45) is 0 Å². The van der Waals surface area contributed by atoms with Crippen LogP contribution in [0.25, 0.3) is 21.3 Å². The minimum absolute atomic E-state index is 0.310. The Morgan fingerprint density at radius 3 is 3.00 bits per heavy atom. The third-order valence-corrected chi connectivity index (χ3v) is 7.48. The largest absolute Gasteiger partial charge is 0.375 e. The molecule has 0 saturated carbocycles. The number of halogens is 3. The molecule has 1 aromatic heterocycles. The molecule has 4 nitrogen and oxygen atoms in total. The van der Waals surface area contributed by atoms with Gasteiger partial charge in [0.15, 0.2) is 5.13 Å². The van der Waals surface area contributed by atoms with Crippen LogP contribution >= 0.6 is 34.5 Å². The standard InChI is InChI=1S/C21H20Cl2FN3OS/c22-15-7-11-8-27-6-2-1-3-12(27)9-28-10-14(11)18(23)17(15)13-4-5-16(24)20-19(13)26-21(25)29-20/h4-5,7,12H,1-3,6,8-10H2,(H2,25,26)/t12-/m1/s1. The van der Waals surface area contributed by atoms with Crippen LogP contribution in [0, 0.1) is 5.82 Å². The Labute approximate surface area is 182 Å². The third kappa shape index (κ3) is 3.41. The number of nitrogens with two attached hydrogens (primary N) is 1. The van der Waals surface area contributed by atoms with Gasteiger partial charge in [-0.05, 0) is 43.1 Å². The molecule has 2 aliphatic heterocycles. The molecule has 2 aromatic carbocycles. The number of ether oxygens (including phenoxy) is 1. The molecule has 5 rings (SSSR count). The summed E-state index contributed by atoms with van der Waals surface area (Å²) in [5.74, 6) is -0.351. The number of hydrogen-bond donors (Lipinski definition) is 1. The van der Waals surface area contributed by atoms with Crippen molar-refractivity contribution in [2.75, 3.05) is 18.9 Å². The van der Waals surface area contributed by atoms with Crippen molar-refractivity contribution < 1.29 is 9.13 Å². The molecule has 0 amide bonds. The molecular formula is C21H20Cl2FN3OS. The zero-order valence-electron chi connectivity index (χ0n) is 15.7. The average Bonchev–Trinajstić information content (AvgIpc) is 3.07. The highest BCUT2D eigenvalue weighted by atomic mass is 35.5. The van der Waals surface area contributed by atoms with Gasteiger partial charge in [0.05, 0.1) is 33.5 Å². The van der Waals surface area contributed by atoms with Gasteiger partial charge in [0.1, 0.15) is 5.82 Å². The van der Waals surface area contributed by atoms with E-state index in [4.69, 9.17) is 33.7 Å². The molecule has 0 radical (unpaired) electrons. The predicted molar refractivity (Wildman–Crippen MR) is 117 cm³/mol. The summed E-state index contributed by atoms with van der Waals surface area (Å²) < 4.78 is 20.7. The summed E-state index contributed by atoms with van der Waals surface area (Å²) in [6, 6.07) is 5.50. The molecule has 152 valence electrons. The third-order valence-electron chi connectivity index (χ3n) is 5.87. The summed E-state index contributed by atoms with van der Waals surface area (Å²) in [5.41, 5.74) is 9.70. The van der Waals surface area contributed by atoms with E-state index in [0.717, 1.165) is 42.0 Å². The molecule has 29 heavy (non-hydrogen) atoms. The van der Waals surface area contributed by atoms with Crippen molar-refractivity contribution in [1.82, 2.24) is 9.88 Å². The van der Waals surface area contributed by atoms with E-state index in [1.54, 1.807) is 6.07 Å². The number of aromatic nitrogens is 1. The molecule has 2 aliphatic rings. The fourth-order valence-electron chi connectivity index (χ4n) is 4.42. The first-order valence-corrected chi connectivity index (χ1v) is 11.3. The highest BCUT2D eigenvalue weighted by molar-refractivity contribution is 7.22. The van der Waals surface area contributed by atoms with Crippen LogP contribution in [0.4, 0.5) is 9.52 Å². The van der Waals surface area contributed by atoms with Crippen LogP contribution in [0.3, 0.4) is 0 Å². The second kappa shape index (κ2) is 7.67. The van der Waals surface area contributed by atoms with Crippen LogP contribution in [0.5, 0.6) is 0 Å². The van der Waals surface area contributed by atoms with E-state index < -0.39 is 0 Å². The van der Waals surface area contributed by atoms with E-state index in [0.29, 0.717) is 55.8 Å². The molecule has 8 heteroatoms. The molecule has 0 aliphatic carbocycles. The summed E-state index contributed by atoms with van der Waals surface area (Å²) in [5, 5.41) is 1.38. The van der Waals surface area contributed by atoms with Crippen LogP contribution in [-0.4, -0.2) is 29.1 Å². The molecule has 1 atom stereocenters. The maximum Gasteiger partial charge on any atom is 0.181 e. The minimum atomic E-state index is -0.351. The first kappa shape index (κ1) is 19.5. The lowest BCUT2D eigenvalue weighted by Gasteiger charge is -2.38. The highest BCUT2D eigenvalue weighted by Gasteiger charge is 2.28. The van der Waals surface area contributed by atoms with Crippen molar-refractivity contribution in [2.45, 2.75) is 38.5 Å². The van der Waals surface area contributed by atoms with Gasteiger partial charge >= 0.3 is 0 Å². The molecule has 1 saturated heterocycles. The Bertz CT molecular complexity index is 1100. The van der Waals surface area contributed by atoms with E-state index in [9.17, 15) is 4.39 Å². The topological polar surface area (TPSA) is 51.4 Å². The maximum absolute atomic E-state index is 14.2. The molecule has 0 bridgehead atoms. The number of anilines is 1. The summed E-state index contributed by atoms with van der Waals surface area (Å²) in [6.07, 6.45) is 3.60. The van der Waals surface area contributed by atoms with Gasteiger partial charge in [-0.3, -0.25) is 4.90 Å². The van der Waals surface area contributed by atoms with Gasteiger partial charge in [-0.1, -0.05) is 41.0 Å². The molecule has 3 aromatic rings. The minimum Gasteiger partial charge on any atom is -0.375 e. The zero-order chi connectivity index (χ0) is 20.1. The predicted octanol–water partition coefficient (Wildman–Crippen LogP) is 5.88. The van der Waals surface area contributed by atoms with Crippen molar-refractivity contribution in [3.05, 3.63) is 45.2 Å². The number of hydrogen-bond acceptors (Lipinski definition) is 5. The van der Waals surface area contributed by atoms with Gasteiger partial charge in [-0.2, -0.15) is 0 Å². The number of thiazole rings is 1. The average molecular weight is 452 g/mol. The molecule has 2 N–H and O–H groups in total. The number of rotatable bonds is 1. The molecule has 3 heterocycles. The lowest BCUT2D eigenvalue weighted by molar-refractivity contribution is 0.0200. The molecule has 0 spiro atoms. The highest BCUT2D eigenvalue weighted by Crippen LogP contribution is 2.44. The van der Waals surface area contributed by atoms with Crippen molar-refractivity contribution in [3.63, 3.8) is 0 Å². The number of nitrogens with zero attached hydrogens (tertiary/aromatic N) is 2. The van der Waals surface area contributed by atoms with Crippen molar-refractivity contribution in [3.8, 4) is 11.1 Å². The summed E-state index contributed by atoms with van der Waals surface area (Å²) in [6.45, 7) is 3.01. The van der Waals surface area contributed by atoms with Crippen molar-refractivity contribution in [1.29, 1.82) is 0 Å². The van der Waals surface area contributed by atoms with E-state index in [1.165, 1.54) is 18.9 Å². The van der Waals surface area contributed by atoms with Crippen LogP contribution < -0.4 is 5.73 Å². The van der Waals surface area contributed by atoms with Crippen LogP contribution in [0.1, 0.15) is 30.4 Å². The first-order chi connectivity index (χ1) is 14.0. The Morgan fingerprint density at radius 1 is 1.28 bits per heavy atom. The number of piperidine rings is 1. The number of nitrogen functional groups attached to an aromatic ring is 1. The Morgan fingerprint density at radius 2 is 2.14 bits per heavy atom. The van der Waals surface area contributed by atoms with Gasteiger partial charge in [0, 0.05) is 29.3 Å². The van der Waals surface area contributed by atoms with Crippen LogP contribution in [0.2, 0.25) is 10.0 Å². The fourth-order valence-corrected chi connectivity index (χ4v) is 5.94. The zero-order valence-corrected chi connectivity index (χ0v) is 18.0. The maximum atomic E-state index is 14.2. The number of fused-ring (bicyclic) bond motifs is 3. The normalized spacial score (nSPS) is 20.2. The van der Waals surface area contributed by atoms with E-state index >= 15 is 0 Å². The van der Waals surface area contributed by atoms with Gasteiger partial charge in [0.2, 0.25) is 0 Å². The summed E-state index contributed by atoms with van der Waals surface area (Å²) >= 11 is 14.7. The smallest absolute Gasteiger partial charge is 0.181 e. The summed E-state index contributed by atoms with van der Waals surface area (Å²) in [4.78, 5) is 6.79. The monoisotopic (exact) mass is 451 g/mol. The molecule has 0 unspecified atom stereocenters. The number of benzene rings is 2. The van der Waals surface area contributed by atoms with Gasteiger partial charge in [-0.25, -0.2) is 9.37 Å². The fraction of sp³-hybridized carbons (Fsp3) is 0.381. The van der Waals surface area contributed by atoms with Gasteiger partial charge in [0.25, 0.3) is 0 Å². The Balaban J connectivity index is 1.65. The molecular weight excluding hydrogens is 432 g/mol. The Kier molecular flexibility index (Phi) is 5.16. The van der Waals surface area contributed by atoms with Crippen molar-refractivity contribution >= 4 is 49.9 Å². The van der Waals surface area contributed by atoms with E-state index in [1.807, 2.05) is 6.07 Å². The van der Waals surface area contributed by atoms with Gasteiger partial charge in [-0.15, -0.1) is 0 Å². The lowest BCUT2D eigenvalue weighted by Crippen LogP contribution is -2.43.